The molecule has 1 heterocycles. The molecule has 0 aliphatic carbocycles. The number of nitrogens with zero attached hydrogens (tertiary/aromatic N) is 1. The normalized spacial score (nSPS) is 17.8. The maximum absolute atomic E-state index is 12.4. The van der Waals surface area contributed by atoms with Gasteiger partial charge in [-0.1, -0.05) is 0 Å². The molecule has 0 saturated carbocycles. The minimum atomic E-state index is -0.773. The predicted molar refractivity (Wildman–Crippen MR) is 97.2 cm³/mol. The van der Waals surface area contributed by atoms with E-state index in [1.807, 2.05) is 0 Å². The van der Waals surface area contributed by atoms with Crippen LogP contribution >= 0.6 is 11.8 Å². The van der Waals surface area contributed by atoms with Gasteiger partial charge in [0.2, 0.25) is 29.5 Å². The standard InChI is InChI=1S/C16H26N4O5S/c1-4-17-13(22)6-7-20-14(23)8-12(16(20)25)26-9-11(19-10(3)21)15(24)18-5-2/h11-12H,4-9H2,1-3H3,(H,17,22)(H,18,24)(H,19,21). The van der Waals surface area contributed by atoms with Crippen molar-refractivity contribution in [3.63, 3.8) is 0 Å². The van der Waals surface area contributed by atoms with E-state index in [2.05, 4.69) is 16.0 Å². The third-order valence-electron chi connectivity index (χ3n) is 3.65. The van der Waals surface area contributed by atoms with Gasteiger partial charge in [-0.25, -0.2) is 0 Å². The number of hydrogen-bond acceptors (Lipinski definition) is 6. The summed E-state index contributed by atoms with van der Waals surface area (Å²) in [6.07, 6.45) is 0.0945. The van der Waals surface area contributed by atoms with Gasteiger partial charge in [0.25, 0.3) is 0 Å². The van der Waals surface area contributed by atoms with Crippen LogP contribution in [0.4, 0.5) is 0 Å². The quantitative estimate of drug-likeness (QED) is 0.414. The largest absolute Gasteiger partial charge is 0.356 e. The van der Waals surface area contributed by atoms with Crippen molar-refractivity contribution in [1.29, 1.82) is 0 Å². The van der Waals surface area contributed by atoms with E-state index in [1.54, 1.807) is 13.8 Å². The van der Waals surface area contributed by atoms with Gasteiger partial charge < -0.3 is 16.0 Å². The molecule has 2 atom stereocenters. The number of carbonyl (C=O) groups is 5. The van der Waals surface area contributed by atoms with E-state index in [-0.39, 0.29) is 54.7 Å². The van der Waals surface area contributed by atoms with E-state index < -0.39 is 11.3 Å². The molecule has 5 amide bonds. The second kappa shape index (κ2) is 10.8. The lowest BCUT2D eigenvalue weighted by atomic mass is 10.3. The lowest BCUT2D eigenvalue weighted by molar-refractivity contribution is -0.138. The molecule has 0 aromatic rings. The van der Waals surface area contributed by atoms with Crippen LogP contribution in [0.15, 0.2) is 0 Å². The summed E-state index contributed by atoms with van der Waals surface area (Å²) in [5.41, 5.74) is 0. The SMILES string of the molecule is CCNC(=O)CCN1C(=O)CC(SCC(NC(C)=O)C(=O)NCC)C1=O. The highest BCUT2D eigenvalue weighted by Gasteiger charge is 2.39. The smallest absolute Gasteiger partial charge is 0.243 e. The Morgan fingerprint density at radius 2 is 1.85 bits per heavy atom. The van der Waals surface area contributed by atoms with Gasteiger partial charge in [-0.15, -0.1) is 11.8 Å². The maximum atomic E-state index is 12.4. The second-order valence-corrected chi connectivity index (χ2v) is 7.00. The third-order valence-corrected chi connectivity index (χ3v) is 4.94. The lowest BCUT2D eigenvalue weighted by Crippen LogP contribution is -2.48. The monoisotopic (exact) mass is 386 g/mol. The lowest BCUT2D eigenvalue weighted by Gasteiger charge is -2.18. The number of hydrogen-bond donors (Lipinski definition) is 3. The van der Waals surface area contributed by atoms with E-state index in [9.17, 15) is 24.0 Å². The Labute approximate surface area is 157 Å². The zero-order valence-electron chi connectivity index (χ0n) is 15.3. The molecule has 1 saturated heterocycles. The van der Waals surface area contributed by atoms with Gasteiger partial charge in [0.15, 0.2) is 0 Å². The summed E-state index contributed by atoms with van der Waals surface area (Å²) < 4.78 is 0. The minimum absolute atomic E-state index is 0.0289. The summed E-state index contributed by atoms with van der Waals surface area (Å²) in [7, 11) is 0. The van der Waals surface area contributed by atoms with Gasteiger partial charge in [0.1, 0.15) is 6.04 Å². The Kier molecular flexibility index (Phi) is 9.11. The molecular formula is C16H26N4O5S. The van der Waals surface area contributed by atoms with E-state index >= 15 is 0 Å². The summed E-state index contributed by atoms with van der Waals surface area (Å²) >= 11 is 1.16. The van der Waals surface area contributed by atoms with Gasteiger partial charge in [0.05, 0.1) is 5.25 Å². The summed E-state index contributed by atoms with van der Waals surface area (Å²) in [5.74, 6) is -1.41. The molecular weight excluding hydrogens is 360 g/mol. The van der Waals surface area contributed by atoms with Crippen molar-refractivity contribution in [2.24, 2.45) is 0 Å². The number of imide groups is 1. The number of rotatable bonds is 10. The molecule has 1 aliphatic rings. The van der Waals surface area contributed by atoms with Crippen LogP contribution in [0.5, 0.6) is 0 Å². The van der Waals surface area contributed by atoms with Crippen LogP contribution in [0, 0.1) is 0 Å². The summed E-state index contributed by atoms with van der Waals surface area (Å²) in [6.45, 7) is 5.83. The minimum Gasteiger partial charge on any atom is -0.356 e. The van der Waals surface area contributed by atoms with Crippen LogP contribution in [0.3, 0.4) is 0 Å². The molecule has 0 aromatic heterocycles. The van der Waals surface area contributed by atoms with Crippen molar-refractivity contribution >= 4 is 41.3 Å². The molecule has 146 valence electrons. The Morgan fingerprint density at radius 3 is 2.42 bits per heavy atom. The summed E-state index contributed by atoms with van der Waals surface area (Å²) in [6, 6.07) is -0.773. The zero-order chi connectivity index (χ0) is 19.7. The highest BCUT2D eigenvalue weighted by Crippen LogP contribution is 2.26. The molecule has 0 radical (unpaired) electrons. The van der Waals surface area contributed by atoms with Gasteiger partial charge >= 0.3 is 0 Å². The number of likely N-dealkylation sites (N-methyl/N-ethyl adjacent to an activating group) is 1. The van der Waals surface area contributed by atoms with Crippen LogP contribution in [0.25, 0.3) is 0 Å². The highest BCUT2D eigenvalue weighted by molar-refractivity contribution is 8.00. The Morgan fingerprint density at radius 1 is 1.19 bits per heavy atom. The van der Waals surface area contributed by atoms with Crippen LogP contribution in [0.1, 0.15) is 33.6 Å². The number of likely N-dealkylation sites (tertiary alicyclic amines) is 1. The first kappa shape index (κ1) is 21.9. The molecule has 2 unspecified atom stereocenters. The summed E-state index contributed by atoms with van der Waals surface area (Å²) in [5, 5.41) is 7.18. The molecule has 0 spiro atoms. The maximum Gasteiger partial charge on any atom is 0.243 e. The molecule has 0 aromatic carbocycles. The first-order chi connectivity index (χ1) is 12.3. The van der Waals surface area contributed by atoms with E-state index in [0.29, 0.717) is 13.1 Å². The fraction of sp³-hybridized carbons (Fsp3) is 0.688. The van der Waals surface area contributed by atoms with Gasteiger partial charge in [-0.2, -0.15) is 0 Å². The van der Waals surface area contributed by atoms with E-state index in [0.717, 1.165) is 16.7 Å². The van der Waals surface area contributed by atoms with E-state index in [4.69, 9.17) is 0 Å². The first-order valence-electron chi connectivity index (χ1n) is 8.57. The van der Waals surface area contributed by atoms with Crippen molar-refractivity contribution in [2.75, 3.05) is 25.4 Å². The van der Waals surface area contributed by atoms with Gasteiger partial charge in [-0.05, 0) is 13.8 Å². The topological polar surface area (TPSA) is 125 Å². The van der Waals surface area contributed by atoms with E-state index in [1.165, 1.54) is 6.92 Å². The van der Waals surface area contributed by atoms with Crippen LogP contribution < -0.4 is 16.0 Å². The van der Waals surface area contributed by atoms with Crippen LogP contribution in [-0.4, -0.2) is 71.1 Å². The van der Waals surface area contributed by atoms with Crippen molar-refractivity contribution in [2.45, 2.75) is 44.9 Å². The van der Waals surface area contributed by atoms with Crippen molar-refractivity contribution in [3.05, 3.63) is 0 Å². The molecule has 26 heavy (non-hydrogen) atoms. The number of nitrogens with one attached hydrogen (secondary N) is 3. The molecule has 0 bridgehead atoms. The average molecular weight is 386 g/mol. The molecule has 1 aliphatic heterocycles. The second-order valence-electron chi connectivity index (χ2n) is 5.76. The molecule has 9 nitrogen and oxygen atoms in total. The van der Waals surface area contributed by atoms with Crippen molar-refractivity contribution in [3.8, 4) is 0 Å². The summed E-state index contributed by atoms with van der Waals surface area (Å²) in [4.78, 5) is 60.3. The van der Waals surface area contributed by atoms with Gasteiger partial charge in [-0.3, -0.25) is 28.9 Å². The Bertz CT molecular complexity index is 569. The predicted octanol–water partition coefficient (Wildman–Crippen LogP) is -0.986. The van der Waals surface area contributed by atoms with Crippen LogP contribution in [-0.2, 0) is 24.0 Å². The fourth-order valence-electron chi connectivity index (χ4n) is 2.45. The fourth-order valence-corrected chi connectivity index (χ4v) is 3.64. The van der Waals surface area contributed by atoms with Crippen molar-refractivity contribution < 1.29 is 24.0 Å². The third kappa shape index (κ3) is 6.66. The first-order valence-corrected chi connectivity index (χ1v) is 9.62. The van der Waals surface area contributed by atoms with Crippen LogP contribution in [0.2, 0.25) is 0 Å². The number of carbonyl (C=O) groups excluding carboxylic acids is 5. The number of thioether (sulfide) groups is 1. The zero-order valence-corrected chi connectivity index (χ0v) is 16.1. The molecule has 1 rings (SSSR count). The highest BCUT2D eigenvalue weighted by atomic mass is 32.2. The molecule has 1 fully saturated rings. The Hall–Kier alpha value is -2.10. The number of amides is 5. The Balaban J connectivity index is 2.59. The molecule has 3 N–H and O–H groups in total. The van der Waals surface area contributed by atoms with Crippen molar-refractivity contribution in [1.82, 2.24) is 20.9 Å². The van der Waals surface area contributed by atoms with Gasteiger partial charge in [0, 0.05) is 45.2 Å². The molecule has 10 heteroatoms. The average Bonchev–Trinajstić information content (AvgIpc) is 2.83.